The van der Waals surface area contributed by atoms with Gasteiger partial charge in [0.25, 0.3) is 11.8 Å². The molecule has 0 saturated carbocycles. The van der Waals surface area contributed by atoms with Gasteiger partial charge in [-0.05, 0) is 18.1 Å². The Kier molecular flexibility index (Phi) is 1.54. The molecule has 2 rings (SSSR count). The van der Waals surface area contributed by atoms with Crippen LogP contribution in [0.25, 0.3) is 11.6 Å². The molecule has 68 valence electrons. The van der Waals surface area contributed by atoms with Crippen molar-refractivity contribution in [2.75, 3.05) is 5.73 Å². The molecular weight excluding hydrogens is 170 g/mol. The van der Waals surface area contributed by atoms with E-state index in [1.54, 1.807) is 4.68 Å². The third-order valence-electron chi connectivity index (χ3n) is 1.66. The first-order valence-electron chi connectivity index (χ1n) is 3.77. The van der Waals surface area contributed by atoms with Gasteiger partial charge in [0, 0.05) is 7.05 Å². The Balaban J connectivity index is 2.51. The molecular formula is C7H9N5O. The van der Waals surface area contributed by atoms with Gasteiger partial charge in [-0.2, -0.15) is 10.1 Å². The Morgan fingerprint density at radius 2 is 2.31 bits per heavy atom. The van der Waals surface area contributed by atoms with E-state index in [4.69, 9.17) is 10.3 Å². The predicted octanol–water partition coefficient (Wildman–Crippen LogP) is 0.361. The molecule has 6 nitrogen and oxygen atoms in total. The van der Waals surface area contributed by atoms with Gasteiger partial charge in [-0.3, -0.25) is 4.68 Å². The molecule has 0 saturated heterocycles. The molecule has 0 unspecified atom stereocenters. The second kappa shape index (κ2) is 2.58. The molecule has 2 N–H and O–H groups in total. The van der Waals surface area contributed by atoms with Gasteiger partial charge >= 0.3 is 0 Å². The third kappa shape index (κ3) is 1.26. The maximum absolute atomic E-state index is 5.33. The summed E-state index contributed by atoms with van der Waals surface area (Å²) in [6.45, 7) is 1.89. The van der Waals surface area contributed by atoms with Crippen molar-refractivity contribution in [2.24, 2.45) is 7.05 Å². The molecule has 6 heteroatoms. The van der Waals surface area contributed by atoms with Gasteiger partial charge in [0.05, 0.1) is 5.69 Å². The summed E-state index contributed by atoms with van der Waals surface area (Å²) in [6.07, 6.45) is 0. The van der Waals surface area contributed by atoms with E-state index in [2.05, 4.69) is 15.2 Å². The van der Waals surface area contributed by atoms with Gasteiger partial charge < -0.3 is 10.3 Å². The molecule has 2 aromatic rings. The molecule has 0 amide bonds. The van der Waals surface area contributed by atoms with Crippen LogP contribution in [0.15, 0.2) is 10.6 Å². The van der Waals surface area contributed by atoms with E-state index in [1.165, 1.54) is 0 Å². The first-order valence-corrected chi connectivity index (χ1v) is 3.77. The van der Waals surface area contributed by atoms with E-state index in [9.17, 15) is 0 Å². The van der Waals surface area contributed by atoms with Crippen LogP contribution in [0, 0.1) is 6.92 Å². The van der Waals surface area contributed by atoms with E-state index in [-0.39, 0.29) is 5.95 Å². The molecule has 0 aliphatic carbocycles. The highest BCUT2D eigenvalue weighted by Crippen LogP contribution is 2.17. The average Bonchev–Trinajstić information content (AvgIpc) is 2.58. The highest BCUT2D eigenvalue weighted by molar-refractivity contribution is 5.48. The summed E-state index contributed by atoms with van der Waals surface area (Å²) in [5.41, 5.74) is 6.99. The monoisotopic (exact) mass is 179 g/mol. The van der Waals surface area contributed by atoms with Crippen LogP contribution in [0.4, 0.5) is 5.95 Å². The van der Waals surface area contributed by atoms with E-state index >= 15 is 0 Å². The van der Waals surface area contributed by atoms with E-state index in [0.29, 0.717) is 5.89 Å². The fourth-order valence-electron chi connectivity index (χ4n) is 1.15. The minimum Gasteiger partial charge on any atom is -0.365 e. The van der Waals surface area contributed by atoms with Crippen LogP contribution in [-0.4, -0.2) is 19.9 Å². The largest absolute Gasteiger partial charge is 0.365 e. The fourth-order valence-corrected chi connectivity index (χ4v) is 1.15. The lowest BCUT2D eigenvalue weighted by Crippen LogP contribution is -1.94. The summed E-state index contributed by atoms with van der Waals surface area (Å²) >= 11 is 0. The number of aromatic nitrogens is 4. The molecule has 0 spiro atoms. The Morgan fingerprint density at radius 1 is 1.54 bits per heavy atom. The SMILES string of the molecule is Cc1cc(-c2nc(N)no2)n(C)n1. The first kappa shape index (κ1) is 7.78. The molecule has 0 aliphatic heterocycles. The number of aryl methyl sites for hydroxylation is 2. The van der Waals surface area contributed by atoms with Gasteiger partial charge in [0.15, 0.2) is 0 Å². The average molecular weight is 179 g/mol. The van der Waals surface area contributed by atoms with Crippen LogP contribution >= 0.6 is 0 Å². The third-order valence-corrected chi connectivity index (χ3v) is 1.66. The Morgan fingerprint density at radius 3 is 2.77 bits per heavy atom. The zero-order valence-electron chi connectivity index (χ0n) is 7.35. The smallest absolute Gasteiger partial charge is 0.277 e. The van der Waals surface area contributed by atoms with Crippen LogP contribution in [0.2, 0.25) is 0 Å². The lowest BCUT2D eigenvalue weighted by molar-refractivity contribution is 0.429. The summed E-state index contributed by atoms with van der Waals surface area (Å²) in [5, 5.41) is 7.64. The topological polar surface area (TPSA) is 82.8 Å². The molecule has 0 aromatic carbocycles. The maximum atomic E-state index is 5.33. The molecule has 0 aliphatic rings. The molecule has 0 radical (unpaired) electrons. The number of rotatable bonds is 1. The second-order valence-corrected chi connectivity index (χ2v) is 2.75. The summed E-state index contributed by atoms with van der Waals surface area (Å²) in [5.74, 6) is 0.523. The number of anilines is 1. The van der Waals surface area contributed by atoms with Crippen molar-refractivity contribution in [1.29, 1.82) is 0 Å². The zero-order valence-corrected chi connectivity index (χ0v) is 7.35. The van der Waals surface area contributed by atoms with Crippen molar-refractivity contribution >= 4 is 5.95 Å². The van der Waals surface area contributed by atoms with Crippen LogP contribution in [0.1, 0.15) is 5.69 Å². The number of nitrogens with zero attached hydrogens (tertiary/aromatic N) is 4. The van der Waals surface area contributed by atoms with Crippen molar-refractivity contribution in [3.05, 3.63) is 11.8 Å². The van der Waals surface area contributed by atoms with Crippen LogP contribution < -0.4 is 5.73 Å². The molecule has 2 aromatic heterocycles. The standard InChI is InChI=1S/C7H9N5O/c1-4-3-5(12(2)10-4)6-9-7(8)11-13-6/h3H,1-2H3,(H2,8,11). The minimum absolute atomic E-state index is 0.133. The van der Waals surface area contributed by atoms with Gasteiger partial charge in [-0.1, -0.05) is 0 Å². The molecule has 13 heavy (non-hydrogen) atoms. The normalized spacial score (nSPS) is 10.6. The first-order chi connectivity index (χ1) is 6.16. The van der Waals surface area contributed by atoms with Crippen molar-refractivity contribution in [1.82, 2.24) is 19.9 Å². The van der Waals surface area contributed by atoms with Crippen LogP contribution in [-0.2, 0) is 7.05 Å². The van der Waals surface area contributed by atoms with Crippen LogP contribution in [0.5, 0.6) is 0 Å². The lowest BCUT2D eigenvalue weighted by Gasteiger charge is -1.92. The number of hydrogen-bond acceptors (Lipinski definition) is 5. The van der Waals surface area contributed by atoms with E-state index < -0.39 is 0 Å². The zero-order chi connectivity index (χ0) is 9.42. The van der Waals surface area contributed by atoms with Crippen molar-refractivity contribution in [3.8, 4) is 11.6 Å². The maximum Gasteiger partial charge on any atom is 0.277 e. The molecule has 0 fully saturated rings. The Bertz CT molecular complexity index is 430. The lowest BCUT2D eigenvalue weighted by atomic mass is 10.4. The molecule has 0 atom stereocenters. The molecule has 2 heterocycles. The van der Waals surface area contributed by atoms with Crippen molar-refractivity contribution in [2.45, 2.75) is 6.92 Å². The van der Waals surface area contributed by atoms with Gasteiger partial charge in [-0.25, -0.2) is 0 Å². The van der Waals surface area contributed by atoms with Crippen molar-refractivity contribution in [3.63, 3.8) is 0 Å². The van der Waals surface area contributed by atoms with Gasteiger partial charge in [-0.15, -0.1) is 0 Å². The van der Waals surface area contributed by atoms with E-state index in [1.807, 2.05) is 20.0 Å². The fraction of sp³-hybridized carbons (Fsp3) is 0.286. The number of nitrogens with two attached hydrogens (primary N) is 1. The summed E-state index contributed by atoms with van der Waals surface area (Å²) in [4.78, 5) is 3.89. The minimum atomic E-state index is 0.133. The quantitative estimate of drug-likeness (QED) is 0.683. The van der Waals surface area contributed by atoms with Crippen molar-refractivity contribution < 1.29 is 4.52 Å². The highest BCUT2D eigenvalue weighted by Gasteiger charge is 2.11. The van der Waals surface area contributed by atoms with E-state index in [0.717, 1.165) is 11.4 Å². The van der Waals surface area contributed by atoms with Gasteiger partial charge in [0.1, 0.15) is 5.69 Å². The van der Waals surface area contributed by atoms with Gasteiger partial charge in [0.2, 0.25) is 0 Å². The summed E-state index contributed by atoms with van der Waals surface area (Å²) < 4.78 is 6.57. The predicted molar refractivity (Wildman–Crippen MR) is 45.6 cm³/mol. The highest BCUT2D eigenvalue weighted by atomic mass is 16.5. The Hall–Kier alpha value is -1.85. The number of nitrogen functional groups attached to an aromatic ring is 1. The number of hydrogen-bond donors (Lipinski definition) is 1. The van der Waals surface area contributed by atoms with Crippen LogP contribution in [0.3, 0.4) is 0 Å². The molecule has 0 bridgehead atoms. The summed E-state index contributed by atoms with van der Waals surface area (Å²) in [7, 11) is 1.81. The Labute approximate surface area is 74.4 Å². The summed E-state index contributed by atoms with van der Waals surface area (Å²) in [6, 6.07) is 1.85. The second-order valence-electron chi connectivity index (χ2n) is 2.75.